The molecule has 0 amide bonds. The first kappa shape index (κ1) is 24.0. The van der Waals surface area contributed by atoms with Crippen LogP contribution in [0.25, 0.3) is 0 Å². The Morgan fingerprint density at radius 2 is 2.00 bits per heavy atom. The average molecular weight is 514 g/mol. The number of ether oxygens (including phenoxy) is 2. The van der Waals surface area contributed by atoms with Gasteiger partial charge in [0.25, 0.3) is 0 Å². The molecule has 2 aliphatic heterocycles. The maximum Gasteiger partial charge on any atom is 0.191 e. The topological polar surface area (TPSA) is 58.1 Å². The minimum absolute atomic E-state index is 0. The van der Waals surface area contributed by atoms with E-state index in [0.717, 1.165) is 71.4 Å². The van der Waals surface area contributed by atoms with Gasteiger partial charge in [0.2, 0.25) is 0 Å². The predicted molar refractivity (Wildman–Crippen MR) is 130 cm³/mol. The minimum atomic E-state index is 0. The van der Waals surface area contributed by atoms with E-state index in [4.69, 9.17) is 14.5 Å². The van der Waals surface area contributed by atoms with Crippen LogP contribution in [-0.4, -0.2) is 58.6 Å². The summed E-state index contributed by atoms with van der Waals surface area (Å²) in [6, 6.07) is 8.71. The molecule has 1 unspecified atom stereocenters. The largest absolute Gasteiger partial charge is 0.381 e. The van der Waals surface area contributed by atoms with Gasteiger partial charge in [-0.3, -0.25) is 0 Å². The van der Waals surface area contributed by atoms with E-state index in [0.29, 0.717) is 12.5 Å². The molecule has 1 fully saturated rings. The fourth-order valence-electron chi connectivity index (χ4n) is 3.36. The molecule has 0 radical (unpaired) electrons. The summed E-state index contributed by atoms with van der Waals surface area (Å²) in [7, 11) is 0. The molecular formula is C22H35IN4O2. The zero-order valence-corrected chi connectivity index (χ0v) is 19.8. The standard InChI is InChI=1S/C22H34N4O2.HI/c1-2-23-22(24-11-5-14-27-17-20-10-15-28-18-20)25-16-19-6-8-21(9-7-19)26-12-3-4-13-26;/h3-4,6-9,20H,2,5,10-18H2,1H3,(H2,23,24,25);1H. The van der Waals surface area contributed by atoms with Crippen LogP contribution < -0.4 is 15.5 Å². The van der Waals surface area contributed by atoms with Crippen LogP contribution in [0.2, 0.25) is 0 Å². The molecule has 0 bridgehead atoms. The summed E-state index contributed by atoms with van der Waals surface area (Å²) < 4.78 is 11.1. The molecule has 1 atom stereocenters. The number of nitrogens with one attached hydrogen (secondary N) is 2. The summed E-state index contributed by atoms with van der Waals surface area (Å²) in [4.78, 5) is 7.05. The Balaban J connectivity index is 0.00000300. The fraction of sp³-hybridized carbons (Fsp3) is 0.591. The lowest BCUT2D eigenvalue weighted by molar-refractivity contribution is 0.0888. The van der Waals surface area contributed by atoms with Gasteiger partial charge < -0.3 is 25.0 Å². The van der Waals surface area contributed by atoms with Crippen molar-refractivity contribution in [1.29, 1.82) is 0 Å². The molecular weight excluding hydrogens is 479 g/mol. The average Bonchev–Trinajstić information content (AvgIpc) is 3.43. The third-order valence-electron chi connectivity index (χ3n) is 5.02. The summed E-state index contributed by atoms with van der Waals surface area (Å²) in [6.45, 7) is 9.80. The van der Waals surface area contributed by atoms with E-state index in [9.17, 15) is 0 Å². The molecule has 1 aromatic rings. The van der Waals surface area contributed by atoms with Crippen molar-refractivity contribution in [2.45, 2.75) is 26.3 Å². The first-order valence-electron chi connectivity index (χ1n) is 10.5. The Bertz CT molecular complexity index is 622. The van der Waals surface area contributed by atoms with E-state index in [1.807, 2.05) is 0 Å². The van der Waals surface area contributed by atoms with Crippen LogP contribution in [-0.2, 0) is 16.0 Å². The molecule has 162 valence electrons. The van der Waals surface area contributed by atoms with Crippen LogP contribution in [0, 0.1) is 5.92 Å². The molecule has 0 aromatic heterocycles. The van der Waals surface area contributed by atoms with Crippen LogP contribution >= 0.6 is 24.0 Å². The highest BCUT2D eigenvalue weighted by atomic mass is 127. The number of aliphatic imine (C=N–C) groups is 1. The molecule has 29 heavy (non-hydrogen) atoms. The minimum Gasteiger partial charge on any atom is -0.381 e. The van der Waals surface area contributed by atoms with Crippen molar-refractivity contribution < 1.29 is 9.47 Å². The molecule has 2 heterocycles. The van der Waals surface area contributed by atoms with Crippen LogP contribution in [0.5, 0.6) is 0 Å². The van der Waals surface area contributed by atoms with E-state index >= 15 is 0 Å². The molecule has 0 spiro atoms. The highest BCUT2D eigenvalue weighted by molar-refractivity contribution is 14.0. The fourth-order valence-corrected chi connectivity index (χ4v) is 3.36. The molecule has 6 nitrogen and oxygen atoms in total. The van der Waals surface area contributed by atoms with Crippen LogP contribution in [0.15, 0.2) is 41.4 Å². The van der Waals surface area contributed by atoms with E-state index in [1.165, 1.54) is 11.3 Å². The summed E-state index contributed by atoms with van der Waals surface area (Å²) >= 11 is 0. The van der Waals surface area contributed by atoms with Crippen molar-refractivity contribution in [1.82, 2.24) is 10.6 Å². The molecule has 3 rings (SSSR count). The number of anilines is 1. The molecule has 0 aliphatic carbocycles. The van der Waals surface area contributed by atoms with E-state index in [-0.39, 0.29) is 24.0 Å². The van der Waals surface area contributed by atoms with E-state index in [1.54, 1.807) is 0 Å². The smallest absolute Gasteiger partial charge is 0.191 e. The third-order valence-corrected chi connectivity index (χ3v) is 5.02. The second kappa shape index (κ2) is 13.8. The molecule has 2 N–H and O–H groups in total. The highest BCUT2D eigenvalue weighted by Gasteiger charge is 2.15. The third kappa shape index (κ3) is 8.52. The second-order valence-corrected chi connectivity index (χ2v) is 7.32. The lowest BCUT2D eigenvalue weighted by Crippen LogP contribution is -2.38. The highest BCUT2D eigenvalue weighted by Crippen LogP contribution is 2.18. The van der Waals surface area contributed by atoms with Gasteiger partial charge in [0, 0.05) is 51.0 Å². The second-order valence-electron chi connectivity index (χ2n) is 7.32. The number of hydrogen-bond acceptors (Lipinski definition) is 4. The molecule has 0 saturated carbocycles. The van der Waals surface area contributed by atoms with Crippen molar-refractivity contribution in [2.75, 3.05) is 57.5 Å². The van der Waals surface area contributed by atoms with Gasteiger partial charge in [0.1, 0.15) is 0 Å². The number of halogens is 1. The number of nitrogens with zero attached hydrogens (tertiary/aromatic N) is 2. The summed E-state index contributed by atoms with van der Waals surface area (Å²) in [5.74, 6) is 1.44. The van der Waals surface area contributed by atoms with Gasteiger partial charge in [-0.05, 0) is 37.5 Å². The zero-order valence-electron chi connectivity index (χ0n) is 17.4. The summed E-state index contributed by atoms with van der Waals surface area (Å²) in [6.07, 6.45) is 6.52. The van der Waals surface area contributed by atoms with Crippen molar-refractivity contribution >= 4 is 35.6 Å². The van der Waals surface area contributed by atoms with E-state index in [2.05, 4.69) is 58.9 Å². The van der Waals surface area contributed by atoms with Gasteiger partial charge in [-0.25, -0.2) is 4.99 Å². The number of rotatable bonds is 10. The first-order valence-corrected chi connectivity index (χ1v) is 10.5. The molecule has 7 heteroatoms. The Hall–Kier alpha value is -1.32. The van der Waals surface area contributed by atoms with Crippen LogP contribution in [0.3, 0.4) is 0 Å². The van der Waals surface area contributed by atoms with Gasteiger partial charge in [-0.1, -0.05) is 24.3 Å². The zero-order chi connectivity index (χ0) is 19.4. The van der Waals surface area contributed by atoms with Gasteiger partial charge >= 0.3 is 0 Å². The summed E-state index contributed by atoms with van der Waals surface area (Å²) in [5.41, 5.74) is 2.49. The SMILES string of the molecule is CCNC(=NCc1ccc(N2CC=CC2)cc1)NCCCOCC1CCOC1.I. The van der Waals surface area contributed by atoms with Crippen molar-refractivity contribution in [3.63, 3.8) is 0 Å². The lowest BCUT2D eigenvalue weighted by atomic mass is 10.1. The van der Waals surface area contributed by atoms with Crippen LogP contribution in [0.1, 0.15) is 25.3 Å². The van der Waals surface area contributed by atoms with Gasteiger partial charge in [-0.15, -0.1) is 24.0 Å². The molecule has 2 aliphatic rings. The summed E-state index contributed by atoms with van der Waals surface area (Å²) in [5, 5.41) is 6.70. The predicted octanol–water partition coefficient (Wildman–Crippen LogP) is 3.18. The van der Waals surface area contributed by atoms with Crippen molar-refractivity contribution in [3.8, 4) is 0 Å². The monoisotopic (exact) mass is 514 g/mol. The first-order chi connectivity index (χ1) is 13.8. The quantitative estimate of drug-likeness (QED) is 0.165. The van der Waals surface area contributed by atoms with Gasteiger partial charge in [0.05, 0.1) is 19.8 Å². The van der Waals surface area contributed by atoms with Gasteiger partial charge in [0.15, 0.2) is 5.96 Å². The van der Waals surface area contributed by atoms with Crippen molar-refractivity contribution in [3.05, 3.63) is 42.0 Å². The number of benzene rings is 1. The van der Waals surface area contributed by atoms with Gasteiger partial charge in [-0.2, -0.15) is 0 Å². The van der Waals surface area contributed by atoms with Crippen LogP contribution in [0.4, 0.5) is 5.69 Å². The van der Waals surface area contributed by atoms with Crippen molar-refractivity contribution in [2.24, 2.45) is 10.9 Å². The normalized spacial score (nSPS) is 18.7. The maximum atomic E-state index is 5.75. The Labute approximate surface area is 192 Å². The van der Waals surface area contributed by atoms with E-state index < -0.39 is 0 Å². The Morgan fingerprint density at radius 1 is 1.21 bits per heavy atom. The Morgan fingerprint density at radius 3 is 2.69 bits per heavy atom. The number of guanidine groups is 1. The molecule has 1 saturated heterocycles. The number of hydrogen-bond donors (Lipinski definition) is 2. The molecule has 1 aromatic carbocycles. The lowest BCUT2D eigenvalue weighted by Gasteiger charge is -2.17. The maximum absolute atomic E-state index is 5.75. The Kier molecular flexibility index (Phi) is 11.4.